The van der Waals surface area contributed by atoms with Gasteiger partial charge in [-0.3, -0.25) is 0 Å². The first kappa shape index (κ1) is 10.3. The summed E-state index contributed by atoms with van der Waals surface area (Å²) in [5.74, 6) is 0.488. The highest BCUT2D eigenvalue weighted by Crippen LogP contribution is 2.33. The molecule has 0 bridgehead atoms. The molecular weight excluding hydrogens is 193 g/mol. The zero-order valence-electron chi connectivity index (χ0n) is 9.00. The first-order chi connectivity index (χ1) is 7.33. The van der Waals surface area contributed by atoms with E-state index in [0.29, 0.717) is 18.0 Å². The maximum absolute atomic E-state index is 13.7. The van der Waals surface area contributed by atoms with Gasteiger partial charge in [0.15, 0.2) is 0 Å². The smallest absolute Gasteiger partial charge is 0.150 e. The summed E-state index contributed by atoms with van der Waals surface area (Å²) in [5.41, 5.74) is 0.636. The molecule has 1 heterocycles. The third-order valence-corrected chi connectivity index (χ3v) is 2.67. The van der Waals surface area contributed by atoms with Crippen molar-refractivity contribution in [3.63, 3.8) is 0 Å². The molecule has 1 aliphatic heterocycles. The van der Waals surface area contributed by atoms with Gasteiger partial charge in [0.25, 0.3) is 0 Å². The second-order valence-electron chi connectivity index (χ2n) is 3.71. The molecule has 2 rings (SSSR count). The van der Waals surface area contributed by atoms with Gasteiger partial charge in [-0.25, -0.2) is 4.39 Å². The van der Waals surface area contributed by atoms with E-state index in [1.165, 1.54) is 6.07 Å². The van der Waals surface area contributed by atoms with Crippen LogP contribution in [0.25, 0.3) is 0 Å². The second-order valence-corrected chi connectivity index (χ2v) is 3.71. The number of benzene rings is 1. The lowest BCUT2D eigenvalue weighted by Gasteiger charge is -2.21. The maximum Gasteiger partial charge on any atom is 0.150 e. The van der Waals surface area contributed by atoms with Crippen LogP contribution in [0.15, 0.2) is 18.2 Å². The van der Waals surface area contributed by atoms with Gasteiger partial charge >= 0.3 is 0 Å². The zero-order chi connectivity index (χ0) is 10.7. The quantitative estimate of drug-likeness (QED) is 0.759. The predicted octanol–water partition coefficient (Wildman–Crippen LogP) is 2.82. The Bertz CT molecular complexity index is 334. The molecule has 0 atom stereocenters. The summed E-state index contributed by atoms with van der Waals surface area (Å²) in [6.07, 6.45) is 2.28. The second kappa shape index (κ2) is 4.51. The van der Waals surface area contributed by atoms with Gasteiger partial charge in [0.2, 0.25) is 0 Å². The summed E-state index contributed by atoms with van der Waals surface area (Å²) in [6, 6.07) is 5.02. The van der Waals surface area contributed by atoms with E-state index in [2.05, 4.69) is 4.90 Å². The zero-order valence-corrected chi connectivity index (χ0v) is 9.00. The summed E-state index contributed by atoms with van der Waals surface area (Å²) in [4.78, 5) is 2.07. The number of halogens is 1. The molecule has 0 radical (unpaired) electrons. The minimum Gasteiger partial charge on any atom is -0.492 e. The molecule has 0 aliphatic carbocycles. The van der Waals surface area contributed by atoms with Crippen LogP contribution in [0.2, 0.25) is 0 Å². The molecule has 2 nitrogen and oxygen atoms in total. The van der Waals surface area contributed by atoms with Crippen molar-refractivity contribution in [2.45, 2.75) is 19.8 Å². The number of hydrogen-bond acceptors (Lipinski definition) is 2. The van der Waals surface area contributed by atoms with Crippen molar-refractivity contribution in [2.24, 2.45) is 0 Å². The Labute approximate surface area is 89.7 Å². The third-order valence-electron chi connectivity index (χ3n) is 2.67. The number of hydrogen-bond donors (Lipinski definition) is 0. The van der Waals surface area contributed by atoms with Crippen molar-refractivity contribution in [1.29, 1.82) is 0 Å². The van der Waals surface area contributed by atoms with Crippen molar-refractivity contribution in [3.8, 4) is 5.75 Å². The highest BCUT2D eigenvalue weighted by atomic mass is 19.1. The highest BCUT2D eigenvalue weighted by Gasteiger charge is 2.19. The van der Waals surface area contributed by atoms with E-state index in [1.54, 1.807) is 6.07 Å². The van der Waals surface area contributed by atoms with E-state index in [-0.39, 0.29) is 5.82 Å². The summed E-state index contributed by atoms with van der Waals surface area (Å²) in [7, 11) is 0. The monoisotopic (exact) mass is 209 g/mol. The van der Waals surface area contributed by atoms with Gasteiger partial charge in [-0.2, -0.15) is 0 Å². The Hall–Kier alpha value is -1.25. The van der Waals surface area contributed by atoms with Gasteiger partial charge in [0.1, 0.15) is 17.3 Å². The molecule has 1 fully saturated rings. The van der Waals surface area contributed by atoms with Crippen LogP contribution in [0.1, 0.15) is 19.8 Å². The van der Waals surface area contributed by atoms with Gasteiger partial charge in [-0.1, -0.05) is 6.07 Å². The first-order valence-electron chi connectivity index (χ1n) is 5.49. The lowest BCUT2D eigenvalue weighted by molar-refractivity contribution is 0.339. The van der Waals surface area contributed by atoms with Crippen molar-refractivity contribution in [2.75, 3.05) is 24.6 Å². The highest BCUT2D eigenvalue weighted by molar-refractivity contribution is 5.60. The van der Waals surface area contributed by atoms with Crippen molar-refractivity contribution < 1.29 is 9.13 Å². The molecule has 82 valence electrons. The fourth-order valence-corrected chi connectivity index (χ4v) is 2.02. The number of anilines is 1. The number of rotatable bonds is 3. The molecule has 15 heavy (non-hydrogen) atoms. The number of nitrogens with zero attached hydrogens (tertiary/aromatic N) is 1. The van der Waals surface area contributed by atoms with E-state index in [0.717, 1.165) is 25.9 Å². The topological polar surface area (TPSA) is 12.5 Å². The predicted molar refractivity (Wildman–Crippen MR) is 59.0 cm³/mol. The fourth-order valence-electron chi connectivity index (χ4n) is 2.02. The SMILES string of the molecule is CCOc1cccc(F)c1N1CCCC1. The summed E-state index contributed by atoms with van der Waals surface area (Å²) in [5, 5.41) is 0. The average molecular weight is 209 g/mol. The van der Waals surface area contributed by atoms with Crippen molar-refractivity contribution in [1.82, 2.24) is 0 Å². The van der Waals surface area contributed by atoms with E-state index < -0.39 is 0 Å². The molecule has 0 N–H and O–H groups in total. The Morgan fingerprint density at radius 2 is 2.07 bits per heavy atom. The number of para-hydroxylation sites is 1. The molecule has 0 aromatic heterocycles. The number of ether oxygens (including phenoxy) is 1. The molecule has 1 aliphatic rings. The average Bonchev–Trinajstić information content (AvgIpc) is 2.71. The van der Waals surface area contributed by atoms with Crippen molar-refractivity contribution >= 4 is 5.69 Å². The summed E-state index contributed by atoms with van der Waals surface area (Å²) in [6.45, 7) is 4.35. The Morgan fingerprint density at radius 3 is 2.73 bits per heavy atom. The third kappa shape index (κ3) is 2.06. The Morgan fingerprint density at radius 1 is 1.33 bits per heavy atom. The van der Waals surface area contributed by atoms with Crippen LogP contribution in [-0.2, 0) is 0 Å². The van der Waals surface area contributed by atoms with E-state index >= 15 is 0 Å². The van der Waals surface area contributed by atoms with Gasteiger partial charge in [-0.15, -0.1) is 0 Å². The molecular formula is C12H16FNO. The van der Waals surface area contributed by atoms with Crippen LogP contribution in [0.4, 0.5) is 10.1 Å². The Balaban J connectivity index is 2.32. The van der Waals surface area contributed by atoms with Gasteiger partial charge in [-0.05, 0) is 31.9 Å². The molecule has 0 spiro atoms. The van der Waals surface area contributed by atoms with Crippen LogP contribution in [-0.4, -0.2) is 19.7 Å². The van der Waals surface area contributed by atoms with Gasteiger partial charge in [0, 0.05) is 13.1 Å². The molecule has 0 saturated carbocycles. The lowest BCUT2D eigenvalue weighted by atomic mass is 10.2. The van der Waals surface area contributed by atoms with Crippen LogP contribution >= 0.6 is 0 Å². The summed E-state index contributed by atoms with van der Waals surface area (Å²) < 4.78 is 19.2. The van der Waals surface area contributed by atoms with Crippen LogP contribution in [0.5, 0.6) is 5.75 Å². The lowest BCUT2D eigenvalue weighted by Crippen LogP contribution is -2.20. The van der Waals surface area contributed by atoms with Gasteiger partial charge < -0.3 is 9.64 Å². The molecule has 0 amide bonds. The molecule has 1 saturated heterocycles. The van der Waals surface area contributed by atoms with E-state index in [9.17, 15) is 4.39 Å². The first-order valence-corrected chi connectivity index (χ1v) is 5.49. The molecule has 1 aromatic carbocycles. The molecule has 0 unspecified atom stereocenters. The normalized spacial score (nSPS) is 15.7. The largest absolute Gasteiger partial charge is 0.492 e. The van der Waals surface area contributed by atoms with Crippen molar-refractivity contribution in [3.05, 3.63) is 24.0 Å². The van der Waals surface area contributed by atoms with Crippen LogP contribution in [0, 0.1) is 5.82 Å². The Kier molecular flexibility index (Phi) is 3.09. The van der Waals surface area contributed by atoms with Crippen LogP contribution < -0.4 is 9.64 Å². The molecule has 3 heteroatoms. The van der Waals surface area contributed by atoms with E-state index in [1.807, 2.05) is 13.0 Å². The van der Waals surface area contributed by atoms with Crippen LogP contribution in [0.3, 0.4) is 0 Å². The molecule has 1 aromatic rings. The minimum absolute atomic E-state index is 0.178. The van der Waals surface area contributed by atoms with E-state index in [4.69, 9.17) is 4.74 Å². The maximum atomic E-state index is 13.7. The summed E-state index contributed by atoms with van der Waals surface area (Å²) >= 11 is 0. The fraction of sp³-hybridized carbons (Fsp3) is 0.500. The minimum atomic E-state index is -0.178. The van der Waals surface area contributed by atoms with Gasteiger partial charge in [0.05, 0.1) is 6.61 Å². The standard InChI is InChI=1S/C12H16FNO/c1-2-15-11-7-5-6-10(13)12(11)14-8-3-4-9-14/h5-7H,2-4,8-9H2,1H3.